The van der Waals surface area contributed by atoms with Crippen LogP contribution in [0.4, 0.5) is 0 Å². The minimum Gasteiger partial charge on any atom is -0.494 e. The third kappa shape index (κ3) is 4.09. The van der Waals surface area contributed by atoms with Crippen molar-refractivity contribution in [1.82, 2.24) is 20.5 Å². The number of hydrogen-bond donors (Lipinski definition) is 2. The first kappa shape index (κ1) is 20.9. The smallest absolute Gasteiger partial charge is 0.256 e. The highest BCUT2D eigenvalue weighted by atomic mass is 32.1. The molecule has 1 aromatic carbocycles. The van der Waals surface area contributed by atoms with E-state index in [1.165, 1.54) is 24.0 Å². The van der Waals surface area contributed by atoms with Gasteiger partial charge in [-0.1, -0.05) is 25.5 Å². The summed E-state index contributed by atoms with van der Waals surface area (Å²) in [5, 5.41) is 10.1. The molecule has 6 nitrogen and oxygen atoms in total. The Bertz CT molecular complexity index is 1130. The third-order valence-electron chi connectivity index (χ3n) is 6.26. The Hall–Kier alpha value is -2.93. The number of amides is 1. The average Bonchev–Trinajstić information content (AvgIpc) is 3.28. The van der Waals surface area contributed by atoms with Crippen LogP contribution in [0.15, 0.2) is 42.7 Å². The first-order valence-corrected chi connectivity index (χ1v) is 12.1. The van der Waals surface area contributed by atoms with Gasteiger partial charge in [0, 0.05) is 16.2 Å². The number of aromatic nitrogens is 3. The quantitative estimate of drug-likeness (QED) is 0.460. The normalized spacial score (nSPS) is 21.0. The van der Waals surface area contributed by atoms with Crippen LogP contribution in [-0.2, 0) is 10.3 Å². The molecular formula is C25H28N4O2S. The number of rotatable bonds is 8. The number of benzene rings is 1. The average molecular weight is 449 g/mol. The molecule has 1 amide bonds. The molecule has 32 heavy (non-hydrogen) atoms. The minimum absolute atomic E-state index is 0.129. The summed E-state index contributed by atoms with van der Waals surface area (Å²) < 4.78 is 5.82. The molecule has 0 radical (unpaired) electrons. The number of unbranched alkanes of at least 4 members (excludes halogenated alkanes) is 1. The second-order valence-electron chi connectivity index (χ2n) is 8.85. The minimum atomic E-state index is -0.526. The molecule has 1 fully saturated rings. The number of carbonyl (C=O) groups excluding carboxylic acids is 1. The largest absolute Gasteiger partial charge is 0.494 e. The molecule has 1 aliphatic heterocycles. The Morgan fingerprint density at radius 3 is 2.69 bits per heavy atom. The highest BCUT2D eigenvalue weighted by molar-refractivity contribution is 7.13. The van der Waals surface area contributed by atoms with Crippen LogP contribution >= 0.6 is 11.3 Å². The number of aromatic amines is 1. The molecule has 2 N–H and O–H groups in total. The van der Waals surface area contributed by atoms with Gasteiger partial charge in [-0.25, -0.2) is 4.98 Å². The van der Waals surface area contributed by atoms with Gasteiger partial charge < -0.3 is 10.1 Å². The zero-order chi connectivity index (χ0) is 22.1. The third-order valence-corrected chi connectivity index (χ3v) is 7.57. The molecule has 3 aromatic rings. The molecule has 1 aliphatic carbocycles. The highest BCUT2D eigenvalue weighted by Gasteiger charge is 2.39. The van der Waals surface area contributed by atoms with Gasteiger partial charge in [0.2, 0.25) is 0 Å². The van der Waals surface area contributed by atoms with Crippen LogP contribution in [0, 0.1) is 0 Å². The topological polar surface area (TPSA) is 79.9 Å². The van der Waals surface area contributed by atoms with Crippen LogP contribution in [0.25, 0.3) is 11.1 Å². The van der Waals surface area contributed by atoms with Crippen LogP contribution in [0.3, 0.4) is 0 Å². The van der Waals surface area contributed by atoms with Gasteiger partial charge in [0.25, 0.3) is 5.91 Å². The van der Waals surface area contributed by atoms with Crippen molar-refractivity contribution in [3.8, 4) is 5.75 Å². The molecule has 0 unspecified atom stereocenters. The lowest BCUT2D eigenvalue weighted by atomic mass is 9.80. The predicted molar refractivity (Wildman–Crippen MR) is 126 cm³/mol. The molecule has 1 atom stereocenters. The summed E-state index contributed by atoms with van der Waals surface area (Å²) in [5.74, 6) is 1.93. The number of nitrogens with one attached hydrogen (secondary N) is 2. The van der Waals surface area contributed by atoms with Crippen molar-refractivity contribution in [2.75, 3.05) is 6.61 Å². The van der Waals surface area contributed by atoms with Crippen molar-refractivity contribution in [3.63, 3.8) is 0 Å². The fourth-order valence-electron chi connectivity index (χ4n) is 4.25. The van der Waals surface area contributed by atoms with E-state index in [-0.39, 0.29) is 5.91 Å². The number of nitrogens with zero attached hydrogens (tertiary/aromatic N) is 2. The Kier molecular flexibility index (Phi) is 5.59. The van der Waals surface area contributed by atoms with Crippen LogP contribution in [0.5, 0.6) is 5.75 Å². The lowest BCUT2D eigenvalue weighted by Crippen LogP contribution is -2.47. The number of H-pyrrole nitrogens is 1. The molecule has 166 valence electrons. The van der Waals surface area contributed by atoms with Crippen LogP contribution in [0.1, 0.15) is 73.0 Å². The van der Waals surface area contributed by atoms with Gasteiger partial charge in [0.05, 0.1) is 17.7 Å². The number of ether oxygens (including phenoxy) is 1. The van der Waals surface area contributed by atoms with E-state index in [1.54, 1.807) is 11.3 Å². The fourth-order valence-corrected chi connectivity index (χ4v) is 5.48. The van der Waals surface area contributed by atoms with Crippen LogP contribution < -0.4 is 10.1 Å². The van der Waals surface area contributed by atoms with Gasteiger partial charge in [-0.15, -0.1) is 11.3 Å². The summed E-state index contributed by atoms with van der Waals surface area (Å²) in [4.78, 5) is 20.2. The Balaban J connectivity index is 1.49. The summed E-state index contributed by atoms with van der Waals surface area (Å²) in [6.07, 6.45) is 6.79. The number of hydrogen-bond acceptors (Lipinski definition) is 5. The van der Waals surface area contributed by atoms with E-state index in [0.717, 1.165) is 41.2 Å². The van der Waals surface area contributed by atoms with Crippen molar-refractivity contribution < 1.29 is 9.53 Å². The molecule has 2 aromatic heterocycles. The van der Waals surface area contributed by atoms with Crippen molar-refractivity contribution >= 4 is 28.4 Å². The van der Waals surface area contributed by atoms with Gasteiger partial charge >= 0.3 is 0 Å². The van der Waals surface area contributed by atoms with E-state index in [4.69, 9.17) is 4.74 Å². The lowest BCUT2D eigenvalue weighted by molar-refractivity contribution is -0.117. The lowest BCUT2D eigenvalue weighted by Gasteiger charge is -2.37. The van der Waals surface area contributed by atoms with E-state index >= 15 is 0 Å². The summed E-state index contributed by atoms with van der Waals surface area (Å²) in [6, 6.07) is 12.5. The second-order valence-corrected chi connectivity index (χ2v) is 9.97. The van der Waals surface area contributed by atoms with E-state index in [1.807, 2.05) is 12.1 Å². The first-order chi connectivity index (χ1) is 15.6. The maximum atomic E-state index is 13.4. The summed E-state index contributed by atoms with van der Waals surface area (Å²) >= 11 is 1.80. The van der Waals surface area contributed by atoms with E-state index in [0.29, 0.717) is 23.7 Å². The van der Waals surface area contributed by atoms with Gasteiger partial charge in [-0.05, 0) is 67.5 Å². The summed E-state index contributed by atoms with van der Waals surface area (Å²) in [5.41, 5.74) is 2.14. The van der Waals surface area contributed by atoms with Crippen molar-refractivity contribution in [2.45, 2.75) is 57.4 Å². The SMILES string of the molecule is CCCCOc1ccc([C@]2(C)CC(c3ccc(C4CC4)s3)=C(c3ncn[nH]3)C(=O)N2)cc1. The van der Waals surface area contributed by atoms with Gasteiger partial charge in [0.1, 0.15) is 12.1 Å². The van der Waals surface area contributed by atoms with Crippen molar-refractivity contribution in [3.05, 3.63) is 63.9 Å². The molecule has 0 saturated heterocycles. The molecule has 7 heteroatoms. The molecule has 3 heterocycles. The van der Waals surface area contributed by atoms with Crippen molar-refractivity contribution in [2.24, 2.45) is 0 Å². The summed E-state index contributed by atoms with van der Waals surface area (Å²) in [6.45, 7) is 4.96. The zero-order valence-electron chi connectivity index (χ0n) is 18.5. The van der Waals surface area contributed by atoms with E-state index in [9.17, 15) is 4.79 Å². The van der Waals surface area contributed by atoms with E-state index < -0.39 is 5.54 Å². The molecule has 2 aliphatic rings. The zero-order valence-corrected chi connectivity index (χ0v) is 19.3. The van der Waals surface area contributed by atoms with Crippen molar-refractivity contribution in [1.29, 1.82) is 0 Å². The first-order valence-electron chi connectivity index (χ1n) is 11.3. The van der Waals surface area contributed by atoms with Gasteiger partial charge in [-0.2, -0.15) is 5.10 Å². The van der Waals surface area contributed by atoms with E-state index in [2.05, 4.69) is 58.6 Å². The predicted octanol–water partition coefficient (Wildman–Crippen LogP) is 5.27. The fraction of sp³-hybridized carbons (Fsp3) is 0.400. The van der Waals surface area contributed by atoms with Crippen LogP contribution in [-0.4, -0.2) is 27.7 Å². The highest BCUT2D eigenvalue weighted by Crippen LogP contribution is 2.47. The summed E-state index contributed by atoms with van der Waals surface area (Å²) in [7, 11) is 0. The molecule has 1 saturated carbocycles. The Morgan fingerprint density at radius 2 is 2.00 bits per heavy atom. The maximum Gasteiger partial charge on any atom is 0.256 e. The number of carbonyl (C=O) groups is 1. The van der Waals surface area contributed by atoms with Gasteiger partial charge in [0.15, 0.2) is 5.82 Å². The second kappa shape index (κ2) is 8.54. The van der Waals surface area contributed by atoms with Crippen LogP contribution in [0.2, 0.25) is 0 Å². The molecule has 0 bridgehead atoms. The molecular weight excluding hydrogens is 420 g/mol. The molecule has 5 rings (SSSR count). The molecule has 0 spiro atoms. The standard InChI is InChI=1S/C25H28N4O2S/c1-3-4-13-31-18-9-7-17(8-10-18)25(2)14-19(21-12-11-20(32-21)16-5-6-16)22(24(30)28-25)23-26-15-27-29-23/h7-12,15-16H,3-6,13-14H2,1-2H3,(H,28,30)(H,26,27,29)/t25-/m0/s1. The maximum absolute atomic E-state index is 13.4. The van der Waals surface area contributed by atoms with Gasteiger partial charge in [-0.3, -0.25) is 9.89 Å². The Labute approximate surface area is 192 Å². The Morgan fingerprint density at radius 1 is 1.19 bits per heavy atom. The number of thiophene rings is 1. The monoisotopic (exact) mass is 448 g/mol.